The molecule has 0 bridgehead atoms. The van der Waals surface area contributed by atoms with E-state index >= 15 is 0 Å². The number of nitrogens with zero attached hydrogens (tertiary/aromatic N) is 3. The van der Waals surface area contributed by atoms with Crippen molar-refractivity contribution < 1.29 is 4.79 Å². The number of hydrogen-bond donors (Lipinski definition) is 1. The Balaban J connectivity index is 1.86. The largest absolute Gasteiger partial charge is 0.306 e. The van der Waals surface area contributed by atoms with Crippen LogP contribution in [-0.4, -0.2) is 20.7 Å². The van der Waals surface area contributed by atoms with Gasteiger partial charge in [0.15, 0.2) is 0 Å². The molecule has 0 aliphatic heterocycles. The molecule has 6 heteroatoms. The summed E-state index contributed by atoms with van der Waals surface area (Å²) in [5, 5.41) is 8.03. The van der Waals surface area contributed by atoms with Crippen LogP contribution in [0.1, 0.15) is 32.9 Å². The Morgan fingerprint density at radius 1 is 1.20 bits per heavy atom. The van der Waals surface area contributed by atoms with Crippen molar-refractivity contribution in [1.82, 2.24) is 14.8 Å². The Morgan fingerprint density at radius 2 is 1.96 bits per heavy atom. The van der Waals surface area contributed by atoms with E-state index in [9.17, 15) is 4.79 Å². The fraction of sp³-hybridized carbons (Fsp3) is 0.211. The molecular weight excluding hydrogens is 336 g/mol. The summed E-state index contributed by atoms with van der Waals surface area (Å²) in [6.45, 7) is 6.18. The van der Waals surface area contributed by atoms with E-state index in [0.29, 0.717) is 28.6 Å². The van der Waals surface area contributed by atoms with Crippen LogP contribution in [0, 0.1) is 20.8 Å². The Labute approximate surface area is 151 Å². The van der Waals surface area contributed by atoms with Crippen molar-refractivity contribution in [3.63, 3.8) is 0 Å². The summed E-state index contributed by atoms with van der Waals surface area (Å²) in [5.41, 5.74) is 4.03. The number of rotatable bonds is 4. The zero-order valence-corrected chi connectivity index (χ0v) is 15.1. The number of halogens is 1. The average Bonchev–Trinajstić information content (AvgIpc) is 2.83. The molecule has 3 rings (SSSR count). The molecule has 5 nitrogen and oxygen atoms in total. The van der Waals surface area contributed by atoms with Gasteiger partial charge in [-0.25, -0.2) is 4.98 Å². The molecule has 3 aromatic rings. The number of nitrogens with one attached hydrogen (secondary N) is 1. The van der Waals surface area contributed by atoms with Gasteiger partial charge < -0.3 is 5.32 Å². The van der Waals surface area contributed by atoms with Crippen LogP contribution in [0.3, 0.4) is 0 Å². The third kappa shape index (κ3) is 3.72. The van der Waals surface area contributed by atoms with E-state index in [-0.39, 0.29) is 5.91 Å². The number of pyridine rings is 1. The summed E-state index contributed by atoms with van der Waals surface area (Å²) in [4.78, 5) is 16.8. The molecule has 0 atom stereocenters. The molecule has 0 unspecified atom stereocenters. The normalized spacial score (nSPS) is 10.7. The fourth-order valence-corrected chi connectivity index (χ4v) is 2.95. The average molecular weight is 355 g/mol. The summed E-state index contributed by atoms with van der Waals surface area (Å²) in [6, 6.07) is 11.3. The molecule has 0 saturated heterocycles. The maximum absolute atomic E-state index is 12.7. The Bertz CT molecular complexity index is 933. The maximum Gasteiger partial charge on any atom is 0.260 e. The molecule has 1 N–H and O–H groups in total. The van der Waals surface area contributed by atoms with Crippen LogP contribution in [0.25, 0.3) is 0 Å². The molecule has 0 spiro atoms. The number of aromatic nitrogens is 3. The monoisotopic (exact) mass is 354 g/mol. The summed E-state index contributed by atoms with van der Waals surface area (Å²) in [5.74, 6) is 0.321. The van der Waals surface area contributed by atoms with Crippen molar-refractivity contribution in [2.45, 2.75) is 27.3 Å². The second-order valence-electron chi connectivity index (χ2n) is 5.97. The van der Waals surface area contributed by atoms with Gasteiger partial charge in [0.1, 0.15) is 5.82 Å². The first-order valence-electron chi connectivity index (χ1n) is 7.97. The van der Waals surface area contributed by atoms with Crippen LogP contribution >= 0.6 is 11.6 Å². The van der Waals surface area contributed by atoms with Crippen molar-refractivity contribution in [3.8, 4) is 0 Å². The number of hydrogen-bond acceptors (Lipinski definition) is 3. The minimum absolute atomic E-state index is 0.210. The minimum atomic E-state index is -0.210. The lowest BCUT2D eigenvalue weighted by atomic mass is 10.1. The second kappa shape index (κ2) is 7.07. The Morgan fingerprint density at radius 3 is 2.68 bits per heavy atom. The Hall–Kier alpha value is -2.66. The van der Waals surface area contributed by atoms with Crippen molar-refractivity contribution in [2.75, 3.05) is 5.32 Å². The molecule has 0 fully saturated rings. The fourth-order valence-electron chi connectivity index (χ4n) is 2.75. The van der Waals surface area contributed by atoms with E-state index in [1.54, 1.807) is 10.9 Å². The van der Waals surface area contributed by atoms with Gasteiger partial charge in [0.05, 0.1) is 17.8 Å². The molecule has 25 heavy (non-hydrogen) atoms. The molecule has 1 aromatic carbocycles. The third-order valence-corrected chi connectivity index (χ3v) is 4.41. The summed E-state index contributed by atoms with van der Waals surface area (Å²) < 4.78 is 1.80. The first-order valence-corrected chi connectivity index (χ1v) is 8.35. The molecule has 0 aliphatic rings. The topological polar surface area (TPSA) is 59.8 Å². The van der Waals surface area contributed by atoms with E-state index < -0.39 is 0 Å². The zero-order chi connectivity index (χ0) is 18.0. The Kier molecular flexibility index (Phi) is 4.86. The number of anilines is 1. The second-order valence-corrected chi connectivity index (χ2v) is 6.37. The summed E-state index contributed by atoms with van der Waals surface area (Å²) in [6.07, 6.45) is 1.67. The van der Waals surface area contributed by atoms with Gasteiger partial charge in [-0.1, -0.05) is 29.8 Å². The molecule has 128 valence electrons. The van der Waals surface area contributed by atoms with Crippen molar-refractivity contribution in [3.05, 3.63) is 75.7 Å². The molecule has 2 heterocycles. The van der Waals surface area contributed by atoms with Crippen LogP contribution in [0.15, 0.2) is 42.6 Å². The van der Waals surface area contributed by atoms with E-state index in [0.717, 1.165) is 16.8 Å². The SMILES string of the molecule is Cc1ccnc(NC(=O)c2c(C)nn(Cc3ccccc3Cl)c2C)c1. The van der Waals surface area contributed by atoms with E-state index in [1.165, 1.54) is 0 Å². The number of carbonyl (C=O) groups excluding carboxylic acids is 1. The van der Waals surface area contributed by atoms with Crippen molar-refractivity contribution in [1.29, 1.82) is 0 Å². The van der Waals surface area contributed by atoms with Gasteiger partial charge in [0.2, 0.25) is 0 Å². The van der Waals surface area contributed by atoms with Crippen LogP contribution in [-0.2, 0) is 6.54 Å². The van der Waals surface area contributed by atoms with Crippen LogP contribution in [0.2, 0.25) is 5.02 Å². The quantitative estimate of drug-likeness (QED) is 0.765. The van der Waals surface area contributed by atoms with Crippen molar-refractivity contribution in [2.24, 2.45) is 0 Å². The van der Waals surface area contributed by atoms with Crippen LogP contribution in [0.4, 0.5) is 5.82 Å². The highest BCUT2D eigenvalue weighted by molar-refractivity contribution is 6.31. The van der Waals surface area contributed by atoms with Gasteiger partial charge in [-0.05, 0) is 50.1 Å². The number of benzene rings is 1. The molecule has 2 aromatic heterocycles. The molecule has 0 aliphatic carbocycles. The highest BCUT2D eigenvalue weighted by Crippen LogP contribution is 2.20. The standard InChI is InChI=1S/C19H19ClN4O/c1-12-8-9-21-17(10-12)22-19(25)18-13(2)23-24(14(18)3)11-15-6-4-5-7-16(15)20/h4-10H,11H2,1-3H3,(H,21,22,25). The molecular formula is C19H19ClN4O. The highest BCUT2D eigenvalue weighted by atomic mass is 35.5. The molecule has 1 amide bonds. The number of aryl methyl sites for hydroxylation is 2. The van der Waals surface area contributed by atoms with Crippen LogP contribution < -0.4 is 5.32 Å². The van der Waals surface area contributed by atoms with Crippen molar-refractivity contribution >= 4 is 23.3 Å². The van der Waals surface area contributed by atoms with Gasteiger partial charge in [-0.2, -0.15) is 5.10 Å². The third-order valence-electron chi connectivity index (χ3n) is 4.04. The van der Waals surface area contributed by atoms with E-state index in [2.05, 4.69) is 15.4 Å². The zero-order valence-electron chi connectivity index (χ0n) is 14.4. The number of carbonyl (C=O) groups is 1. The van der Waals surface area contributed by atoms with E-state index in [4.69, 9.17) is 11.6 Å². The van der Waals surface area contributed by atoms with Gasteiger partial charge >= 0.3 is 0 Å². The predicted molar refractivity (Wildman–Crippen MR) is 99.2 cm³/mol. The molecule has 0 radical (unpaired) electrons. The van der Waals surface area contributed by atoms with Gasteiger partial charge in [0.25, 0.3) is 5.91 Å². The lowest BCUT2D eigenvalue weighted by molar-refractivity contribution is 0.102. The smallest absolute Gasteiger partial charge is 0.260 e. The maximum atomic E-state index is 12.7. The number of amides is 1. The minimum Gasteiger partial charge on any atom is -0.306 e. The summed E-state index contributed by atoms with van der Waals surface area (Å²) in [7, 11) is 0. The first-order chi connectivity index (χ1) is 12.0. The van der Waals surface area contributed by atoms with Crippen LogP contribution in [0.5, 0.6) is 0 Å². The predicted octanol–water partition coefficient (Wildman–Crippen LogP) is 4.16. The van der Waals surface area contributed by atoms with E-state index in [1.807, 2.05) is 57.2 Å². The lowest BCUT2D eigenvalue weighted by Crippen LogP contribution is -2.15. The van der Waals surface area contributed by atoms with Gasteiger partial charge in [0, 0.05) is 16.9 Å². The first kappa shape index (κ1) is 17.2. The van der Waals surface area contributed by atoms with Gasteiger partial charge in [-0.3, -0.25) is 9.48 Å². The van der Waals surface area contributed by atoms with Gasteiger partial charge in [-0.15, -0.1) is 0 Å². The highest BCUT2D eigenvalue weighted by Gasteiger charge is 2.19. The lowest BCUT2D eigenvalue weighted by Gasteiger charge is -2.08. The summed E-state index contributed by atoms with van der Waals surface area (Å²) >= 11 is 6.23. The molecule has 0 saturated carbocycles.